The van der Waals surface area contributed by atoms with E-state index in [1.165, 1.54) is 17.6 Å². The molecular formula is C24H26N2O3S. The summed E-state index contributed by atoms with van der Waals surface area (Å²) in [6.07, 6.45) is 6.42. The number of nitrogens with zero attached hydrogens (tertiary/aromatic N) is 1. The van der Waals surface area contributed by atoms with Crippen molar-refractivity contribution in [3.63, 3.8) is 0 Å². The van der Waals surface area contributed by atoms with Crippen molar-refractivity contribution in [2.24, 2.45) is 0 Å². The average Bonchev–Trinajstić information content (AvgIpc) is 3.55. The summed E-state index contributed by atoms with van der Waals surface area (Å²) >= 11 is 1.50. The molecule has 0 radical (unpaired) electrons. The van der Waals surface area contributed by atoms with Gasteiger partial charge in [0.1, 0.15) is 6.04 Å². The Balaban J connectivity index is 1.62. The lowest BCUT2D eigenvalue weighted by Crippen LogP contribution is -2.46. The number of rotatable bonds is 8. The first-order valence-electron chi connectivity index (χ1n) is 10.4. The van der Waals surface area contributed by atoms with Crippen molar-refractivity contribution in [1.29, 1.82) is 0 Å². The van der Waals surface area contributed by atoms with Crippen LogP contribution in [-0.2, 0) is 11.2 Å². The van der Waals surface area contributed by atoms with E-state index in [4.69, 9.17) is 4.42 Å². The molecule has 6 heteroatoms. The molecule has 0 spiro atoms. The van der Waals surface area contributed by atoms with Gasteiger partial charge in [0.15, 0.2) is 5.76 Å². The highest BCUT2D eigenvalue weighted by atomic mass is 32.1. The van der Waals surface area contributed by atoms with E-state index in [1.807, 2.05) is 47.8 Å². The lowest BCUT2D eigenvalue weighted by molar-refractivity contribution is -0.126. The summed E-state index contributed by atoms with van der Waals surface area (Å²) in [7, 11) is 0. The van der Waals surface area contributed by atoms with Gasteiger partial charge in [0, 0.05) is 17.5 Å². The summed E-state index contributed by atoms with van der Waals surface area (Å²) in [5, 5.41) is 5.13. The smallest absolute Gasteiger partial charge is 0.290 e. The molecule has 1 saturated carbocycles. The molecule has 2 aromatic heterocycles. The number of nitrogens with one attached hydrogen (secondary N) is 1. The summed E-state index contributed by atoms with van der Waals surface area (Å²) in [6.45, 7) is 0.421. The molecular weight excluding hydrogens is 396 g/mol. The molecule has 0 saturated heterocycles. The molecule has 2 amide bonds. The third kappa shape index (κ3) is 4.82. The second-order valence-corrected chi connectivity index (χ2v) is 8.60. The fraction of sp³-hybridized carbons (Fsp3) is 0.333. The lowest BCUT2D eigenvalue weighted by atomic mass is 10.1. The topological polar surface area (TPSA) is 62.6 Å². The standard InChI is InChI=1S/C24H26N2O3S/c27-23(25-19-10-4-5-11-19)22(21-13-7-17-30-21)26(24(28)20-12-6-16-29-20)15-14-18-8-2-1-3-9-18/h1-3,6-9,12-13,16-17,19,22H,4-5,10-11,14-15H2,(H,25,27)/t22-/m0/s1. The van der Waals surface area contributed by atoms with Crippen molar-refractivity contribution in [2.75, 3.05) is 6.54 Å². The second kappa shape index (κ2) is 9.76. The number of carbonyl (C=O) groups is 2. The summed E-state index contributed by atoms with van der Waals surface area (Å²) in [5.74, 6) is -0.133. The second-order valence-electron chi connectivity index (χ2n) is 7.62. The molecule has 0 unspecified atom stereocenters. The van der Waals surface area contributed by atoms with E-state index in [0.29, 0.717) is 13.0 Å². The molecule has 1 aromatic carbocycles. The van der Waals surface area contributed by atoms with Crippen LogP contribution in [0.15, 0.2) is 70.7 Å². The molecule has 4 rings (SSSR count). The maximum absolute atomic E-state index is 13.4. The quantitative estimate of drug-likeness (QED) is 0.566. The Morgan fingerprint density at radius 2 is 1.87 bits per heavy atom. The summed E-state index contributed by atoms with van der Waals surface area (Å²) in [5.41, 5.74) is 1.12. The number of hydrogen-bond acceptors (Lipinski definition) is 4. The molecule has 1 atom stereocenters. The van der Waals surface area contributed by atoms with Crippen LogP contribution in [-0.4, -0.2) is 29.3 Å². The third-order valence-corrected chi connectivity index (χ3v) is 6.48. The van der Waals surface area contributed by atoms with Gasteiger partial charge < -0.3 is 14.6 Å². The molecule has 1 aliphatic rings. The van der Waals surface area contributed by atoms with E-state index in [9.17, 15) is 9.59 Å². The Labute approximate surface area is 180 Å². The molecule has 0 aliphatic heterocycles. The van der Waals surface area contributed by atoms with Crippen LogP contribution >= 0.6 is 11.3 Å². The molecule has 1 N–H and O–H groups in total. The largest absolute Gasteiger partial charge is 0.459 e. The molecule has 1 fully saturated rings. The van der Waals surface area contributed by atoms with Crippen LogP contribution in [0.4, 0.5) is 0 Å². The van der Waals surface area contributed by atoms with Crippen LogP contribution in [0.1, 0.15) is 52.7 Å². The average molecular weight is 423 g/mol. The van der Waals surface area contributed by atoms with Crippen molar-refractivity contribution in [1.82, 2.24) is 10.2 Å². The van der Waals surface area contributed by atoms with Crippen molar-refractivity contribution < 1.29 is 14.0 Å². The Morgan fingerprint density at radius 1 is 1.07 bits per heavy atom. The van der Waals surface area contributed by atoms with Gasteiger partial charge in [0.25, 0.3) is 5.91 Å². The fourth-order valence-electron chi connectivity index (χ4n) is 4.01. The monoisotopic (exact) mass is 422 g/mol. The zero-order chi connectivity index (χ0) is 20.8. The predicted molar refractivity (Wildman–Crippen MR) is 117 cm³/mol. The van der Waals surface area contributed by atoms with Crippen LogP contribution in [0, 0.1) is 0 Å². The Kier molecular flexibility index (Phi) is 6.64. The molecule has 0 bridgehead atoms. The Hall–Kier alpha value is -2.86. The van der Waals surface area contributed by atoms with Crippen molar-refractivity contribution in [3.8, 4) is 0 Å². The van der Waals surface area contributed by atoms with Gasteiger partial charge >= 0.3 is 0 Å². The minimum Gasteiger partial charge on any atom is -0.459 e. The predicted octanol–water partition coefficient (Wildman–Crippen LogP) is 4.83. The first-order chi connectivity index (χ1) is 14.7. The van der Waals surface area contributed by atoms with Crippen molar-refractivity contribution >= 4 is 23.2 Å². The SMILES string of the molecule is O=C(NC1CCCC1)[C@H](c1cccs1)N(CCc1ccccc1)C(=O)c1ccco1. The molecule has 5 nitrogen and oxygen atoms in total. The van der Waals surface area contributed by atoms with E-state index in [2.05, 4.69) is 5.32 Å². The van der Waals surface area contributed by atoms with Gasteiger partial charge in [-0.1, -0.05) is 49.2 Å². The maximum Gasteiger partial charge on any atom is 0.290 e. The zero-order valence-electron chi connectivity index (χ0n) is 16.8. The third-order valence-electron chi connectivity index (χ3n) is 5.55. The van der Waals surface area contributed by atoms with Crippen LogP contribution in [0.25, 0.3) is 0 Å². The van der Waals surface area contributed by atoms with Gasteiger partial charge in [-0.2, -0.15) is 0 Å². The highest BCUT2D eigenvalue weighted by molar-refractivity contribution is 7.10. The molecule has 2 heterocycles. The van der Waals surface area contributed by atoms with E-state index in [-0.39, 0.29) is 23.6 Å². The Morgan fingerprint density at radius 3 is 2.53 bits per heavy atom. The summed E-state index contributed by atoms with van der Waals surface area (Å²) in [4.78, 5) is 29.3. The molecule has 1 aliphatic carbocycles. The summed E-state index contributed by atoms with van der Waals surface area (Å²) < 4.78 is 5.39. The number of benzene rings is 1. The number of furan rings is 1. The number of carbonyl (C=O) groups excluding carboxylic acids is 2. The lowest BCUT2D eigenvalue weighted by Gasteiger charge is -2.31. The first kappa shape index (κ1) is 20.4. The van der Waals surface area contributed by atoms with E-state index >= 15 is 0 Å². The highest BCUT2D eigenvalue weighted by Crippen LogP contribution is 2.29. The van der Waals surface area contributed by atoms with E-state index in [0.717, 1.165) is 36.1 Å². The molecule has 30 heavy (non-hydrogen) atoms. The minimum absolute atomic E-state index is 0.114. The van der Waals surface area contributed by atoms with Gasteiger partial charge in [0.05, 0.1) is 6.26 Å². The Bertz CT molecular complexity index is 932. The van der Waals surface area contributed by atoms with Crippen molar-refractivity contribution in [3.05, 3.63) is 82.4 Å². The van der Waals surface area contributed by atoms with Gasteiger partial charge in [-0.25, -0.2) is 0 Å². The number of thiophene rings is 1. The highest BCUT2D eigenvalue weighted by Gasteiger charge is 2.35. The van der Waals surface area contributed by atoms with Gasteiger partial charge in [0.2, 0.25) is 5.91 Å². The van der Waals surface area contributed by atoms with Gasteiger partial charge in [-0.15, -0.1) is 11.3 Å². The van der Waals surface area contributed by atoms with Gasteiger partial charge in [-0.05, 0) is 48.4 Å². The molecule has 156 valence electrons. The normalized spacial score (nSPS) is 15.1. The van der Waals surface area contributed by atoms with Crippen LogP contribution < -0.4 is 5.32 Å². The maximum atomic E-state index is 13.4. The minimum atomic E-state index is -0.674. The number of amides is 2. The van der Waals surface area contributed by atoms with Crippen LogP contribution in [0.3, 0.4) is 0 Å². The number of hydrogen-bond donors (Lipinski definition) is 1. The summed E-state index contributed by atoms with van der Waals surface area (Å²) in [6, 6.07) is 16.7. The first-order valence-corrected chi connectivity index (χ1v) is 11.3. The van der Waals surface area contributed by atoms with E-state index < -0.39 is 6.04 Å². The van der Waals surface area contributed by atoms with E-state index in [1.54, 1.807) is 17.0 Å². The van der Waals surface area contributed by atoms with Crippen LogP contribution in [0.2, 0.25) is 0 Å². The van der Waals surface area contributed by atoms with Gasteiger partial charge in [-0.3, -0.25) is 9.59 Å². The van der Waals surface area contributed by atoms with Crippen molar-refractivity contribution in [2.45, 2.75) is 44.2 Å². The fourth-order valence-corrected chi connectivity index (χ4v) is 4.84. The van der Waals surface area contributed by atoms with Crippen LogP contribution in [0.5, 0.6) is 0 Å². The molecule has 3 aromatic rings. The zero-order valence-corrected chi connectivity index (χ0v) is 17.6.